The number of fused-ring (bicyclic) bond motifs is 3. The summed E-state index contributed by atoms with van der Waals surface area (Å²) in [6, 6.07) is 16.2. The summed E-state index contributed by atoms with van der Waals surface area (Å²) < 4.78 is 5.61. The van der Waals surface area contributed by atoms with E-state index >= 15 is 0 Å². The predicted octanol–water partition coefficient (Wildman–Crippen LogP) is 4.70. The predicted molar refractivity (Wildman–Crippen MR) is 131 cm³/mol. The van der Waals surface area contributed by atoms with E-state index in [0.717, 1.165) is 22.3 Å². The van der Waals surface area contributed by atoms with Gasteiger partial charge in [0.25, 0.3) is 0 Å². The Morgan fingerprint density at radius 1 is 0.941 bits per heavy atom. The third-order valence-corrected chi connectivity index (χ3v) is 6.59. The summed E-state index contributed by atoms with van der Waals surface area (Å²) in [5.74, 6) is -1.35. The number of rotatable bonds is 10. The Morgan fingerprint density at radius 2 is 1.50 bits per heavy atom. The van der Waals surface area contributed by atoms with Crippen LogP contribution in [-0.2, 0) is 14.3 Å². The first-order valence-corrected chi connectivity index (χ1v) is 11.7. The van der Waals surface area contributed by atoms with E-state index in [0.29, 0.717) is 12.8 Å². The molecule has 0 aliphatic heterocycles. The molecule has 2 aromatic rings. The zero-order chi connectivity index (χ0) is 24.9. The third kappa shape index (κ3) is 5.41. The molecule has 2 aromatic carbocycles. The molecule has 1 aliphatic rings. The molecule has 0 saturated carbocycles. The molecule has 1 unspecified atom stereocenters. The fourth-order valence-corrected chi connectivity index (χ4v) is 4.38. The summed E-state index contributed by atoms with van der Waals surface area (Å²) in [6.07, 6.45) is 0.722. The van der Waals surface area contributed by atoms with Gasteiger partial charge in [0.1, 0.15) is 12.1 Å². The second-order valence-corrected chi connectivity index (χ2v) is 9.73. The molecule has 182 valence electrons. The minimum atomic E-state index is -1.16. The largest absolute Gasteiger partial charge is 0.481 e. The van der Waals surface area contributed by atoms with Crippen LogP contribution in [0.5, 0.6) is 0 Å². The van der Waals surface area contributed by atoms with Gasteiger partial charge in [0.2, 0.25) is 5.91 Å². The number of carboxylic acids is 1. The molecule has 0 heterocycles. The number of benzene rings is 2. The second kappa shape index (κ2) is 10.3. The third-order valence-electron chi connectivity index (χ3n) is 6.59. The molecular weight excluding hydrogens is 432 g/mol. The smallest absolute Gasteiger partial charge is 0.408 e. The van der Waals surface area contributed by atoms with Gasteiger partial charge in [0.15, 0.2) is 0 Å². The van der Waals surface area contributed by atoms with Gasteiger partial charge in [-0.05, 0) is 55.9 Å². The van der Waals surface area contributed by atoms with Gasteiger partial charge in [-0.1, -0.05) is 61.9 Å². The fourth-order valence-electron chi connectivity index (χ4n) is 4.38. The Bertz CT molecular complexity index is 1020. The minimum Gasteiger partial charge on any atom is -0.481 e. The van der Waals surface area contributed by atoms with Crippen LogP contribution in [0.3, 0.4) is 0 Å². The Hall–Kier alpha value is -3.35. The molecule has 0 saturated heterocycles. The van der Waals surface area contributed by atoms with Gasteiger partial charge in [-0.15, -0.1) is 0 Å². The number of carbonyl (C=O) groups is 3. The first kappa shape index (κ1) is 25.3. The number of aliphatic carboxylic acids is 1. The van der Waals surface area contributed by atoms with Crippen molar-refractivity contribution >= 4 is 18.0 Å². The number of carbonyl (C=O) groups excluding carboxylic acids is 2. The first-order valence-electron chi connectivity index (χ1n) is 11.7. The lowest BCUT2D eigenvalue weighted by molar-refractivity contribution is -0.147. The second-order valence-electron chi connectivity index (χ2n) is 9.73. The summed E-state index contributed by atoms with van der Waals surface area (Å²) in [5.41, 5.74) is 2.41. The van der Waals surface area contributed by atoms with Gasteiger partial charge in [-0.3, -0.25) is 9.59 Å². The summed E-state index contributed by atoms with van der Waals surface area (Å²) in [4.78, 5) is 36.9. The van der Waals surface area contributed by atoms with Crippen LogP contribution in [0.1, 0.15) is 64.0 Å². The lowest BCUT2D eigenvalue weighted by Crippen LogP contribution is -2.57. The van der Waals surface area contributed by atoms with E-state index < -0.39 is 23.0 Å². The number of ether oxygens (including phenoxy) is 1. The number of nitrogens with one attached hydrogen (secondary N) is 2. The summed E-state index contributed by atoms with van der Waals surface area (Å²) in [7, 11) is 0. The monoisotopic (exact) mass is 466 g/mol. The number of alkyl carbamates (subject to hydrolysis) is 1. The molecular formula is C27H34N2O5. The normalized spacial score (nSPS) is 14.5. The summed E-state index contributed by atoms with van der Waals surface area (Å²) >= 11 is 0. The molecule has 7 heteroatoms. The molecule has 34 heavy (non-hydrogen) atoms. The number of carboxylic acid groups (broad SMARTS) is 1. The van der Waals surface area contributed by atoms with Crippen molar-refractivity contribution in [2.75, 3.05) is 13.2 Å². The summed E-state index contributed by atoms with van der Waals surface area (Å²) in [5, 5.41) is 14.8. The van der Waals surface area contributed by atoms with Crippen molar-refractivity contribution in [2.24, 2.45) is 5.41 Å². The Kier molecular flexibility index (Phi) is 7.64. The van der Waals surface area contributed by atoms with Crippen LogP contribution < -0.4 is 10.6 Å². The van der Waals surface area contributed by atoms with Gasteiger partial charge >= 0.3 is 12.1 Å². The lowest BCUT2D eigenvalue weighted by atomic mass is 9.89. The molecule has 0 radical (unpaired) electrons. The molecule has 1 atom stereocenters. The van der Waals surface area contributed by atoms with Gasteiger partial charge in [0, 0.05) is 12.5 Å². The van der Waals surface area contributed by atoms with Gasteiger partial charge in [-0.25, -0.2) is 4.79 Å². The SMILES string of the molecule is CCCC(C)(NC(=O)OCC1c2ccccc2-c2ccccc21)C(=O)NCCC(C)(C)C(=O)O. The molecule has 0 fully saturated rings. The minimum absolute atomic E-state index is 0.0670. The molecule has 3 rings (SSSR count). The van der Waals surface area contributed by atoms with Crippen LogP contribution in [0.15, 0.2) is 48.5 Å². The maximum absolute atomic E-state index is 12.9. The highest BCUT2D eigenvalue weighted by molar-refractivity contribution is 5.89. The molecule has 1 aliphatic carbocycles. The molecule has 7 nitrogen and oxygen atoms in total. The Morgan fingerprint density at radius 3 is 2.03 bits per heavy atom. The van der Waals surface area contributed by atoms with Crippen LogP contribution in [-0.4, -0.2) is 41.8 Å². The van der Waals surface area contributed by atoms with Crippen LogP contribution in [0.2, 0.25) is 0 Å². The van der Waals surface area contributed by atoms with E-state index in [-0.39, 0.29) is 31.4 Å². The highest BCUT2D eigenvalue weighted by Crippen LogP contribution is 2.44. The van der Waals surface area contributed by atoms with Crippen molar-refractivity contribution in [2.45, 2.75) is 58.4 Å². The van der Waals surface area contributed by atoms with Crippen LogP contribution in [0.4, 0.5) is 4.79 Å². The van der Waals surface area contributed by atoms with E-state index in [1.807, 2.05) is 31.2 Å². The molecule has 0 aromatic heterocycles. The highest BCUT2D eigenvalue weighted by atomic mass is 16.5. The Balaban J connectivity index is 1.63. The molecule has 3 N–H and O–H groups in total. The topological polar surface area (TPSA) is 105 Å². The van der Waals surface area contributed by atoms with Crippen LogP contribution in [0, 0.1) is 5.41 Å². The Labute approximate surface area is 200 Å². The van der Waals surface area contributed by atoms with Crippen molar-refractivity contribution in [3.05, 3.63) is 59.7 Å². The van der Waals surface area contributed by atoms with Crippen molar-refractivity contribution < 1.29 is 24.2 Å². The zero-order valence-electron chi connectivity index (χ0n) is 20.3. The number of hydrogen-bond donors (Lipinski definition) is 3. The van der Waals surface area contributed by atoms with Crippen molar-refractivity contribution in [1.82, 2.24) is 10.6 Å². The van der Waals surface area contributed by atoms with Crippen LogP contribution in [0.25, 0.3) is 11.1 Å². The van der Waals surface area contributed by atoms with Gasteiger partial charge in [0.05, 0.1) is 5.41 Å². The maximum Gasteiger partial charge on any atom is 0.408 e. The van der Waals surface area contributed by atoms with Gasteiger partial charge in [-0.2, -0.15) is 0 Å². The van der Waals surface area contributed by atoms with Crippen LogP contribution >= 0.6 is 0 Å². The van der Waals surface area contributed by atoms with E-state index in [9.17, 15) is 19.5 Å². The number of amides is 2. The van der Waals surface area contributed by atoms with E-state index in [2.05, 4.69) is 34.9 Å². The molecule has 0 spiro atoms. The standard InChI is InChI=1S/C27H34N2O5/c1-5-14-27(4,23(30)28-16-15-26(2,3)24(31)32)29-25(33)34-17-22-20-12-8-6-10-18(20)19-11-7-9-13-21(19)22/h6-13,22H,5,14-17H2,1-4H3,(H,28,30)(H,29,33)(H,31,32). The average molecular weight is 467 g/mol. The van der Waals surface area contributed by atoms with Crippen molar-refractivity contribution in [3.63, 3.8) is 0 Å². The first-order chi connectivity index (χ1) is 16.1. The van der Waals surface area contributed by atoms with E-state index in [1.165, 1.54) is 0 Å². The summed E-state index contributed by atoms with van der Waals surface area (Å²) in [6.45, 7) is 7.18. The zero-order valence-corrected chi connectivity index (χ0v) is 20.3. The van der Waals surface area contributed by atoms with E-state index in [4.69, 9.17) is 4.74 Å². The average Bonchev–Trinajstić information content (AvgIpc) is 3.11. The fraction of sp³-hybridized carbons (Fsp3) is 0.444. The van der Waals surface area contributed by atoms with E-state index in [1.54, 1.807) is 20.8 Å². The molecule has 2 amide bonds. The quantitative estimate of drug-likeness (QED) is 0.471. The number of hydrogen-bond acceptors (Lipinski definition) is 4. The van der Waals surface area contributed by atoms with Crippen molar-refractivity contribution in [3.8, 4) is 11.1 Å². The lowest BCUT2D eigenvalue weighted by Gasteiger charge is -2.30. The highest BCUT2D eigenvalue weighted by Gasteiger charge is 2.36. The van der Waals surface area contributed by atoms with Gasteiger partial charge < -0.3 is 20.5 Å². The van der Waals surface area contributed by atoms with Crippen molar-refractivity contribution in [1.29, 1.82) is 0 Å². The maximum atomic E-state index is 12.9. The molecule has 0 bridgehead atoms.